The SMILES string of the molecule is OCC1C[NH2+]CC(O)C1O. The van der Waals surface area contributed by atoms with Crippen LogP contribution >= 0.6 is 0 Å². The first-order chi connectivity index (χ1) is 4.75. The number of hydrogen-bond acceptors (Lipinski definition) is 3. The second kappa shape index (κ2) is 3.30. The Kier molecular flexibility index (Phi) is 2.62. The third kappa shape index (κ3) is 1.46. The molecule has 0 amide bonds. The molecule has 4 heteroatoms. The first kappa shape index (κ1) is 7.94. The molecule has 3 atom stereocenters. The molecule has 0 aromatic rings. The fourth-order valence-corrected chi connectivity index (χ4v) is 1.26. The van der Waals surface area contributed by atoms with Crippen molar-refractivity contribution < 1.29 is 20.6 Å². The maximum Gasteiger partial charge on any atom is 0.129 e. The quantitative estimate of drug-likeness (QED) is 0.318. The average molecular weight is 148 g/mol. The summed E-state index contributed by atoms with van der Waals surface area (Å²) >= 11 is 0. The van der Waals surface area contributed by atoms with E-state index in [1.54, 1.807) is 0 Å². The number of quaternary nitrogens is 1. The summed E-state index contributed by atoms with van der Waals surface area (Å²) < 4.78 is 0. The molecule has 1 fully saturated rings. The van der Waals surface area contributed by atoms with Gasteiger partial charge in [-0.3, -0.25) is 0 Å². The molecule has 1 rings (SSSR count). The molecule has 0 aromatic carbocycles. The van der Waals surface area contributed by atoms with Gasteiger partial charge in [-0.25, -0.2) is 0 Å². The first-order valence-corrected chi connectivity index (χ1v) is 3.54. The molecule has 0 bridgehead atoms. The fourth-order valence-electron chi connectivity index (χ4n) is 1.26. The number of aliphatic hydroxyl groups is 3. The smallest absolute Gasteiger partial charge is 0.129 e. The van der Waals surface area contributed by atoms with Crippen LogP contribution in [-0.4, -0.2) is 47.2 Å². The standard InChI is InChI=1S/C6H13NO3/c8-3-4-1-7-2-5(9)6(4)10/h4-10H,1-3H2/p+1. The van der Waals surface area contributed by atoms with E-state index in [1.807, 2.05) is 5.32 Å². The van der Waals surface area contributed by atoms with Crippen LogP contribution in [-0.2, 0) is 0 Å². The molecule has 1 saturated heterocycles. The van der Waals surface area contributed by atoms with Gasteiger partial charge in [0.1, 0.15) is 12.6 Å². The van der Waals surface area contributed by atoms with Crippen molar-refractivity contribution in [3.8, 4) is 0 Å². The summed E-state index contributed by atoms with van der Waals surface area (Å²) in [6.07, 6.45) is -1.42. The fraction of sp³-hybridized carbons (Fsp3) is 1.00. The molecule has 0 saturated carbocycles. The van der Waals surface area contributed by atoms with Gasteiger partial charge in [-0.15, -0.1) is 0 Å². The molecule has 0 aromatic heterocycles. The summed E-state index contributed by atoms with van der Waals surface area (Å²) in [4.78, 5) is 0. The van der Waals surface area contributed by atoms with Crippen molar-refractivity contribution in [2.24, 2.45) is 5.92 Å². The maximum atomic E-state index is 9.21. The third-order valence-electron chi connectivity index (χ3n) is 1.99. The summed E-state index contributed by atoms with van der Waals surface area (Å²) in [6.45, 7) is 1.20. The Morgan fingerprint density at radius 3 is 2.50 bits per heavy atom. The highest BCUT2D eigenvalue weighted by Gasteiger charge is 2.32. The molecule has 3 unspecified atom stereocenters. The van der Waals surface area contributed by atoms with Crippen LogP contribution < -0.4 is 5.32 Å². The average Bonchev–Trinajstić information content (AvgIpc) is 1.95. The molecule has 1 aliphatic heterocycles. The Labute approximate surface area is 59.5 Å². The molecule has 0 aliphatic carbocycles. The third-order valence-corrected chi connectivity index (χ3v) is 1.99. The van der Waals surface area contributed by atoms with Crippen molar-refractivity contribution in [1.29, 1.82) is 0 Å². The van der Waals surface area contributed by atoms with Gasteiger partial charge >= 0.3 is 0 Å². The summed E-state index contributed by atoms with van der Waals surface area (Å²) in [7, 11) is 0. The normalized spacial score (nSPS) is 41.7. The summed E-state index contributed by atoms with van der Waals surface area (Å²) in [5.41, 5.74) is 0. The van der Waals surface area contributed by atoms with E-state index in [1.165, 1.54) is 0 Å². The molecular formula is C6H14NO3+. The molecule has 0 radical (unpaired) electrons. The number of hydrogen-bond donors (Lipinski definition) is 4. The van der Waals surface area contributed by atoms with Gasteiger partial charge in [0.05, 0.1) is 25.2 Å². The van der Waals surface area contributed by atoms with Gasteiger partial charge in [0.15, 0.2) is 0 Å². The first-order valence-electron chi connectivity index (χ1n) is 3.54. The van der Waals surface area contributed by atoms with E-state index >= 15 is 0 Å². The molecule has 4 nitrogen and oxygen atoms in total. The van der Waals surface area contributed by atoms with Gasteiger partial charge < -0.3 is 20.6 Å². The van der Waals surface area contributed by atoms with Crippen molar-refractivity contribution in [2.75, 3.05) is 19.7 Å². The van der Waals surface area contributed by atoms with Crippen LogP contribution in [0.2, 0.25) is 0 Å². The second-order valence-corrected chi connectivity index (χ2v) is 2.76. The molecule has 60 valence electrons. The predicted molar refractivity (Wildman–Crippen MR) is 34.2 cm³/mol. The molecule has 1 heterocycles. The lowest BCUT2D eigenvalue weighted by Crippen LogP contribution is -2.92. The highest BCUT2D eigenvalue weighted by molar-refractivity contribution is 4.76. The molecule has 10 heavy (non-hydrogen) atoms. The summed E-state index contributed by atoms with van der Waals surface area (Å²) in [5, 5.41) is 28.9. The van der Waals surface area contributed by atoms with Crippen LogP contribution in [0.4, 0.5) is 0 Å². The Morgan fingerprint density at radius 1 is 1.30 bits per heavy atom. The van der Waals surface area contributed by atoms with E-state index < -0.39 is 12.2 Å². The zero-order valence-corrected chi connectivity index (χ0v) is 5.77. The van der Waals surface area contributed by atoms with Gasteiger partial charge in [-0.1, -0.05) is 0 Å². The van der Waals surface area contributed by atoms with E-state index in [2.05, 4.69) is 0 Å². The molecule has 1 aliphatic rings. The number of piperidine rings is 1. The van der Waals surface area contributed by atoms with E-state index in [0.717, 1.165) is 0 Å². The van der Waals surface area contributed by atoms with Gasteiger partial charge in [-0.2, -0.15) is 0 Å². The van der Waals surface area contributed by atoms with Crippen LogP contribution in [0.3, 0.4) is 0 Å². The molecule has 0 spiro atoms. The minimum Gasteiger partial charge on any atom is -0.396 e. The van der Waals surface area contributed by atoms with E-state index in [4.69, 9.17) is 10.2 Å². The van der Waals surface area contributed by atoms with E-state index in [9.17, 15) is 5.11 Å². The lowest BCUT2D eigenvalue weighted by Gasteiger charge is -2.28. The second-order valence-electron chi connectivity index (χ2n) is 2.76. The van der Waals surface area contributed by atoms with Gasteiger partial charge in [0, 0.05) is 0 Å². The molecular weight excluding hydrogens is 134 g/mol. The van der Waals surface area contributed by atoms with Gasteiger partial charge in [-0.05, 0) is 0 Å². The van der Waals surface area contributed by atoms with Crippen LogP contribution in [0.5, 0.6) is 0 Å². The largest absolute Gasteiger partial charge is 0.396 e. The van der Waals surface area contributed by atoms with Gasteiger partial charge in [0.2, 0.25) is 0 Å². The van der Waals surface area contributed by atoms with Crippen molar-refractivity contribution in [2.45, 2.75) is 12.2 Å². The van der Waals surface area contributed by atoms with Crippen molar-refractivity contribution in [3.05, 3.63) is 0 Å². The number of nitrogens with two attached hydrogens (primary N) is 1. The van der Waals surface area contributed by atoms with Crippen LogP contribution in [0.25, 0.3) is 0 Å². The Bertz CT molecular complexity index is 109. The monoisotopic (exact) mass is 148 g/mol. The van der Waals surface area contributed by atoms with Crippen LogP contribution in [0.1, 0.15) is 0 Å². The van der Waals surface area contributed by atoms with Gasteiger partial charge in [0.25, 0.3) is 0 Å². The summed E-state index contributed by atoms with van der Waals surface area (Å²) in [5.74, 6) is -0.163. The van der Waals surface area contributed by atoms with E-state index in [-0.39, 0.29) is 12.5 Å². The predicted octanol–water partition coefficient (Wildman–Crippen LogP) is -3.11. The van der Waals surface area contributed by atoms with Crippen molar-refractivity contribution in [1.82, 2.24) is 0 Å². The van der Waals surface area contributed by atoms with Crippen molar-refractivity contribution >= 4 is 0 Å². The van der Waals surface area contributed by atoms with Crippen LogP contribution in [0.15, 0.2) is 0 Å². The maximum absolute atomic E-state index is 9.21. The lowest BCUT2D eigenvalue weighted by molar-refractivity contribution is -0.680. The number of rotatable bonds is 1. The number of aliphatic hydroxyl groups excluding tert-OH is 3. The van der Waals surface area contributed by atoms with E-state index in [0.29, 0.717) is 13.1 Å². The zero-order valence-electron chi connectivity index (χ0n) is 5.77. The Balaban J connectivity index is 2.42. The minimum atomic E-state index is -0.741. The zero-order chi connectivity index (χ0) is 7.56. The Hall–Kier alpha value is -0.160. The minimum absolute atomic E-state index is 0.0469. The Morgan fingerprint density at radius 2 is 2.00 bits per heavy atom. The molecule has 5 N–H and O–H groups in total. The topological polar surface area (TPSA) is 77.3 Å². The summed E-state index contributed by atoms with van der Waals surface area (Å²) in [6, 6.07) is 0. The van der Waals surface area contributed by atoms with Crippen LogP contribution in [0, 0.1) is 5.92 Å². The highest BCUT2D eigenvalue weighted by Crippen LogP contribution is 2.06. The lowest BCUT2D eigenvalue weighted by atomic mass is 9.95. The van der Waals surface area contributed by atoms with Crippen molar-refractivity contribution in [3.63, 3.8) is 0 Å². The highest BCUT2D eigenvalue weighted by atomic mass is 16.3.